The summed E-state index contributed by atoms with van der Waals surface area (Å²) in [5.41, 5.74) is 0. The smallest absolute Gasteiger partial charge is 0.0897 e. The van der Waals surface area contributed by atoms with Crippen LogP contribution in [0, 0.1) is 5.92 Å². The number of aliphatic hydroxyl groups excluding tert-OH is 1. The summed E-state index contributed by atoms with van der Waals surface area (Å²) in [5, 5.41) is 13.1. The van der Waals surface area contributed by atoms with Crippen molar-refractivity contribution >= 4 is 0 Å². The molecule has 0 aromatic heterocycles. The Hall–Kier alpha value is -0.160. The molecule has 0 spiro atoms. The number of hydrogen-bond donors (Lipinski definition) is 2. The van der Waals surface area contributed by atoms with Crippen LogP contribution in [0.5, 0.6) is 0 Å². The predicted molar refractivity (Wildman–Crippen MR) is 68.1 cm³/mol. The van der Waals surface area contributed by atoms with Crippen LogP contribution in [0.2, 0.25) is 0 Å². The molecule has 1 rings (SSSR count). The lowest BCUT2D eigenvalue weighted by Gasteiger charge is -2.22. The first-order valence-electron chi connectivity index (χ1n) is 6.72. The van der Waals surface area contributed by atoms with Crippen molar-refractivity contribution in [2.75, 3.05) is 33.5 Å². The number of nitrogens with one attached hydrogen (secondary N) is 1. The van der Waals surface area contributed by atoms with Crippen molar-refractivity contribution < 1.29 is 14.6 Å². The summed E-state index contributed by atoms with van der Waals surface area (Å²) in [7, 11) is 1.64. The Bertz CT molecular complexity index is 184. The fraction of sp³-hybridized carbons (Fsp3) is 1.00. The van der Waals surface area contributed by atoms with Crippen LogP contribution in [-0.4, -0.2) is 50.7 Å². The first-order valence-corrected chi connectivity index (χ1v) is 6.72. The highest BCUT2D eigenvalue weighted by atomic mass is 16.5. The molecule has 17 heavy (non-hydrogen) atoms. The Morgan fingerprint density at radius 1 is 1.29 bits per heavy atom. The Labute approximate surface area is 105 Å². The van der Waals surface area contributed by atoms with Crippen molar-refractivity contribution in [3.8, 4) is 0 Å². The van der Waals surface area contributed by atoms with Gasteiger partial charge in [0, 0.05) is 19.7 Å². The number of ether oxygens (including phenoxy) is 2. The molecule has 0 aliphatic heterocycles. The monoisotopic (exact) mass is 245 g/mol. The third kappa shape index (κ3) is 6.36. The Morgan fingerprint density at radius 2 is 2.00 bits per heavy atom. The molecule has 0 amide bonds. The number of aliphatic hydroxyl groups is 1. The van der Waals surface area contributed by atoms with Gasteiger partial charge in [0.25, 0.3) is 0 Å². The molecule has 4 heteroatoms. The summed E-state index contributed by atoms with van der Waals surface area (Å²) < 4.78 is 10.1. The van der Waals surface area contributed by atoms with E-state index in [-0.39, 0.29) is 0 Å². The zero-order valence-electron chi connectivity index (χ0n) is 11.2. The highest BCUT2D eigenvalue weighted by Gasteiger charge is 2.21. The number of methoxy groups -OCH3 is 1. The van der Waals surface area contributed by atoms with E-state index in [1.807, 2.05) is 0 Å². The second kappa shape index (κ2) is 8.86. The van der Waals surface area contributed by atoms with Gasteiger partial charge in [-0.1, -0.05) is 12.8 Å². The van der Waals surface area contributed by atoms with Crippen LogP contribution in [0.4, 0.5) is 0 Å². The van der Waals surface area contributed by atoms with Crippen LogP contribution in [0.15, 0.2) is 0 Å². The van der Waals surface area contributed by atoms with Gasteiger partial charge in [0.2, 0.25) is 0 Å². The fourth-order valence-electron chi connectivity index (χ4n) is 2.37. The molecule has 0 radical (unpaired) electrons. The molecule has 0 saturated heterocycles. The van der Waals surface area contributed by atoms with Crippen LogP contribution in [0.3, 0.4) is 0 Å². The van der Waals surface area contributed by atoms with Crippen LogP contribution >= 0.6 is 0 Å². The molecular weight excluding hydrogens is 218 g/mol. The molecule has 102 valence electrons. The minimum Gasteiger partial charge on any atom is -0.389 e. The number of rotatable bonds is 9. The molecule has 2 unspecified atom stereocenters. The van der Waals surface area contributed by atoms with E-state index in [0.29, 0.717) is 32.4 Å². The van der Waals surface area contributed by atoms with Gasteiger partial charge >= 0.3 is 0 Å². The first-order chi connectivity index (χ1) is 8.24. The standard InChI is InChI=1S/C13H27NO3/c1-11(12-5-3-4-6-12)14-9-13(15)10-17-8-7-16-2/h11-15H,3-10H2,1-2H3. The quantitative estimate of drug-likeness (QED) is 0.599. The van der Waals surface area contributed by atoms with Gasteiger partial charge in [0.05, 0.1) is 25.9 Å². The van der Waals surface area contributed by atoms with E-state index in [4.69, 9.17) is 9.47 Å². The second-order valence-electron chi connectivity index (χ2n) is 4.96. The first kappa shape index (κ1) is 14.9. The summed E-state index contributed by atoms with van der Waals surface area (Å²) in [6.45, 7) is 4.34. The lowest BCUT2D eigenvalue weighted by atomic mass is 10.00. The minimum absolute atomic E-state index is 0.383. The lowest BCUT2D eigenvalue weighted by molar-refractivity contribution is 0.0125. The van der Waals surface area contributed by atoms with E-state index in [2.05, 4.69) is 12.2 Å². The Morgan fingerprint density at radius 3 is 2.65 bits per heavy atom. The third-order valence-corrected chi connectivity index (χ3v) is 3.52. The highest BCUT2D eigenvalue weighted by molar-refractivity contribution is 4.78. The van der Waals surface area contributed by atoms with Crippen LogP contribution in [0.25, 0.3) is 0 Å². The largest absolute Gasteiger partial charge is 0.389 e. The maximum Gasteiger partial charge on any atom is 0.0897 e. The van der Waals surface area contributed by atoms with Crippen LogP contribution in [-0.2, 0) is 9.47 Å². The van der Waals surface area contributed by atoms with Gasteiger partial charge in [-0.15, -0.1) is 0 Å². The van der Waals surface area contributed by atoms with E-state index in [0.717, 1.165) is 5.92 Å². The van der Waals surface area contributed by atoms with Gasteiger partial charge < -0.3 is 19.9 Å². The molecule has 0 aromatic carbocycles. The van der Waals surface area contributed by atoms with Gasteiger partial charge in [-0.05, 0) is 25.7 Å². The minimum atomic E-state index is -0.421. The van der Waals surface area contributed by atoms with Crippen molar-refractivity contribution in [1.82, 2.24) is 5.32 Å². The molecule has 4 nitrogen and oxygen atoms in total. The third-order valence-electron chi connectivity index (χ3n) is 3.52. The van der Waals surface area contributed by atoms with Gasteiger partial charge in [0.15, 0.2) is 0 Å². The summed E-state index contributed by atoms with van der Waals surface area (Å²) >= 11 is 0. The lowest BCUT2D eigenvalue weighted by Crippen LogP contribution is -2.39. The summed E-state index contributed by atoms with van der Waals surface area (Å²) in [6, 6.07) is 0.506. The highest BCUT2D eigenvalue weighted by Crippen LogP contribution is 2.27. The molecule has 2 N–H and O–H groups in total. The van der Waals surface area contributed by atoms with E-state index < -0.39 is 6.10 Å². The molecule has 0 heterocycles. The molecule has 1 aliphatic rings. The van der Waals surface area contributed by atoms with Crippen LogP contribution < -0.4 is 5.32 Å². The normalized spacial score (nSPS) is 20.6. The van der Waals surface area contributed by atoms with Gasteiger partial charge in [0.1, 0.15) is 0 Å². The SMILES string of the molecule is COCCOCC(O)CNC(C)C1CCCC1. The zero-order valence-corrected chi connectivity index (χ0v) is 11.2. The maximum absolute atomic E-state index is 9.71. The molecule has 0 aromatic rings. The van der Waals surface area contributed by atoms with Crippen molar-refractivity contribution in [2.24, 2.45) is 5.92 Å². The summed E-state index contributed by atoms with van der Waals surface area (Å²) in [4.78, 5) is 0. The number of hydrogen-bond acceptors (Lipinski definition) is 4. The fourth-order valence-corrected chi connectivity index (χ4v) is 2.37. The molecule has 2 atom stereocenters. The predicted octanol–water partition coefficient (Wildman–Crippen LogP) is 1.18. The van der Waals surface area contributed by atoms with E-state index in [9.17, 15) is 5.11 Å². The topological polar surface area (TPSA) is 50.7 Å². The van der Waals surface area contributed by atoms with Gasteiger partial charge in [-0.2, -0.15) is 0 Å². The molecular formula is C13H27NO3. The zero-order chi connectivity index (χ0) is 12.5. The van der Waals surface area contributed by atoms with Crippen molar-refractivity contribution in [1.29, 1.82) is 0 Å². The maximum atomic E-state index is 9.71. The average Bonchev–Trinajstić information content (AvgIpc) is 2.85. The Balaban J connectivity index is 2.00. The second-order valence-corrected chi connectivity index (χ2v) is 4.96. The average molecular weight is 245 g/mol. The summed E-state index contributed by atoms with van der Waals surface area (Å²) in [6.07, 6.45) is 4.96. The van der Waals surface area contributed by atoms with Gasteiger partial charge in [-0.25, -0.2) is 0 Å². The van der Waals surface area contributed by atoms with Gasteiger partial charge in [-0.3, -0.25) is 0 Å². The molecule has 0 bridgehead atoms. The van der Waals surface area contributed by atoms with Crippen molar-refractivity contribution in [2.45, 2.75) is 44.8 Å². The molecule has 1 fully saturated rings. The van der Waals surface area contributed by atoms with E-state index in [1.54, 1.807) is 7.11 Å². The molecule has 1 aliphatic carbocycles. The van der Waals surface area contributed by atoms with E-state index >= 15 is 0 Å². The van der Waals surface area contributed by atoms with Crippen LogP contribution in [0.1, 0.15) is 32.6 Å². The van der Waals surface area contributed by atoms with Crippen molar-refractivity contribution in [3.05, 3.63) is 0 Å². The molecule has 1 saturated carbocycles. The Kier molecular flexibility index (Phi) is 7.77. The summed E-state index contributed by atoms with van der Waals surface area (Å²) in [5.74, 6) is 0.789. The van der Waals surface area contributed by atoms with E-state index in [1.165, 1.54) is 25.7 Å². The van der Waals surface area contributed by atoms with Crippen molar-refractivity contribution in [3.63, 3.8) is 0 Å².